The molecule has 0 bridgehead atoms. The van der Waals surface area contributed by atoms with Gasteiger partial charge in [-0.1, -0.05) is 240 Å². The van der Waals surface area contributed by atoms with E-state index in [0.29, 0.717) is 0 Å². The molecule has 0 spiro atoms. The Hall–Kier alpha value is -10.8. The Kier molecular flexibility index (Phi) is 30.0. The van der Waals surface area contributed by atoms with Crippen LogP contribution in [0.4, 0.5) is 0 Å². The van der Waals surface area contributed by atoms with Crippen molar-refractivity contribution in [3.8, 4) is 56.3 Å². The molecule has 10 aromatic carbocycles. The fourth-order valence-corrected chi connectivity index (χ4v) is 25.8. The van der Waals surface area contributed by atoms with Gasteiger partial charge in [0.2, 0.25) is 28.5 Å². The van der Waals surface area contributed by atoms with Gasteiger partial charge in [-0.05, 0) is 380 Å². The average molecular weight is 1800 g/mol. The van der Waals surface area contributed by atoms with Crippen molar-refractivity contribution >= 4 is 53.9 Å². The summed E-state index contributed by atoms with van der Waals surface area (Å²) < 4.78 is 11.6. The van der Waals surface area contributed by atoms with Crippen LogP contribution in [0.5, 0.6) is 0 Å². The number of fused-ring (bicyclic) bond motifs is 5. The van der Waals surface area contributed by atoms with Crippen molar-refractivity contribution in [1.82, 2.24) is 0 Å². The van der Waals surface area contributed by atoms with E-state index >= 15 is 0 Å². The molecule has 5 aromatic heterocycles. The summed E-state index contributed by atoms with van der Waals surface area (Å²) in [6.45, 7) is 27.1. The summed E-state index contributed by atoms with van der Waals surface area (Å²) in [6, 6.07) is 72.8. The van der Waals surface area contributed by atoms with Gasteiger partial charge in [0.25, 0.3) is 0 Å². The van der Waals surface area contributed by atoms with E-state index in [1.165, 1.54) is 388 Å². The fourth-order valence-electron chi connectivity index (χ4n) is 25.8. The minimum atomic E-state index is 0.740. The summed E-state index contributed by atoms with van der Waals surface area (Å²) >= 11 is 0. The number of hydrogen-bond donors (Lipinski definition) is 0. The van der Waals surface area contributed by atoms with Gasteiger partial charge in [-0.3, -0.25) is 0 Å². The number of aromatic nitrogens is 5. The highest BCUT2D eigenvalue weighted by molar-refractivity contribution is 5.99. The van der Waals surface area contributed by atoms with Crippen LogP contribution in [-0.2, 0) is 35.2 Å². The topological polar surface area (TPSA) is 19.4 Å². The zero-order valence-electron chi connectivity index (χ0n) is 86.2. The van der Waals surface area contributed by atoms with Crippen molar-refractivity contribution in [2.75, 3.05) is 0 Å². The Morgan fingerprint density at radius 1 is 0.176 bits per heavy atom. The normalized spacial score (nSPS) is 16.7. The van der Waals surface area contributed by atoms with Gasteiger partial charge in [0.1, 0.15) is 35.2 Å². The molecule has 0 saturated heterocycles. The van der Waals surface area contributed by atoms with Gasteiger partial charge in [0.05, 0.1) is 49.2 Å². The van der Waals surface area contributed by atoms with Crippen LogP contribution in [0.25, 0.3) is 110 Å². The summed E-state index contributed by atoms with van der Waals surface area (Å²) in [6.07, 6.45) is 55.3. The Morgan fingerprint density at radius 2 is 0.390 bits per heavy atom. The van der Waals surface area contributed by atoms with E-state index in [1.807, 2.05) is 0 Å². The maximum atomic E-state index is 2.64. The average Bonchev–Trinajstić information content (AvgIpc) is 1.01. The first-order valence-electron chi connectivity index (χ1n) is 53.5. The molecule has 7 fully saturated rings. The van der Waals surface area contributed by atoms with E-state index in [-0.39, 0.29) is 0 Å². The lowest BCUT2D eigenvalue weighted by Crippen LogP contribution is -2.31. The number of rotatable bonds is 12. The van der Waals surface area contributed by atoms with Gasteiger partial charge in [-0.25, -0.2) is 22.8 Å². The van der Waals surface area contributed by atoms with Gasteiger partial charge in [-0.15, -0.1) is 0 Å². The quantitative estimate of drug-likeness (QED) is 0.109. The van der Waals surface area contributed by atoms with E-state index < -0.39 is 0 Å². The molecule has 0 radical (unpaired) electrons. The summed E-state index contributed by atoms with van der Waals surface area (Å²) in [5, 5.41) is 13.5. The summed E-state index contributed by atoms with van der Waals surface area (Å²) in [5.74, 6) is 5.25. The van der Waals surface area contributed by atoms with Crippen LogP contribution in [0.15, 0.2) is 219 Å². The lowest BCUT2D eigenvalue weighted by atomic mass is 9.76. The van der Waals surface area contributed by atoms with Gasteiger partial charge in [-0.2, -0.15) is 0 Å². The third-order valence-electron chi connectivity index (χ3n) is 34.1. The molecule has 5 heterocycles. The summed E-state index contributed by atoms with van der Waals surface area (Å²) in [5.41, 5.74) is 41.8. The van der Waals surface area contributed by atoms with Crippen LogP contribution in [0, 0.1) is 83.1 Å². The van der Waals surface area contributed by atoms with Crippen LogP contribution >= 0.6 is 0 Å². The van der Waals surface area contributed by atoms with Crippen LogP contribution in [0.1, 0.15) is 353 Å². The number of pyridine rings is 5. The van der Waals surface area contributed by atoms with Crippen molar-refractivity contribution in [3.05, 3.63) is 325 Å². The summed E-state index contributed by atoms with van der Waals surface area (Å²) in [4.78, 5) is 0. The molecule has 15 aromatic rings. The number of aryl methyl sites for hydroxylation is 13. The first-order valence-corrected chi connectivity index (χ1v) is 53.5. The van der Waals surface area contributed by atoms with Crippen molar-refractivity contribution in [1.29, 1.82) is 0 Å². The highest BCUT2D eigenvalue weighted by Gasteiger charge is 2.33. The van der Waals surface area contributed by atoms with E-state index in [1.54, 1.807) is 33.4 Å². The second kappa shape index (κ2) is 42.7. The minimum Gasteiger partial charge on any atom is -0.200 e. The minimum absolute atomic E-state index is 0.740. The number of benzene rings is 10. The Bertz CT molecular complexity index is 6840. The third kappa shape index (κ3) is 20.8. The molecule has 0 aliphatic heterocycles. The molecular weight excluding hydrogens is 1640 g/mol. The van der Waals surface area contributed by atoms with Crippen LogP contribution in [0.3, 0.4) is 0 Å². The van der Waals surface area contributed by atoms with Crippen molar-refractivity contribution < 1.29 is 22.8 Å². The fraction of sp³-hybridized carbons (Fsp3) is 0.427. The van der Waals surface area contributed by atoms with Crippen molar-refractivity contribution in [2.45, 2.75) is 330 Å². The van der Waals surface area contributed by atoms with Crippen LogP contribution in [-0.4, -0.2) is 0 Å². The van der Waals surface area contributed by atoms with E-state index in [0.717, 1.165) is 41.4 Å². The molecule has 22 rings (SSSR count). The Morgan fingerprint density at radius 3 is 0.654 bits per heavy atom. The molecule has 0 amide bonds. The van der Waals surface area contributed by atoms with E-state index in [9.17, 15) is 0 Å². The maximum absolute atomic E-state index is 2.64. The van der Waals surface area contributed by atoms with Crippen molar-refractivity contribution in [3.63, 3.8) is 0 Å². The lowest BCUT2D eigenvalue weighted by Gasteiger charge is -2.28. The predicted molar refractivity (Wildman–Crippen MR) is 577 cm³/mol. The zero-order chi connectivity index (χ0) is 94.5. The molecule has 0 N–H and O–H groups in total. The number of hydrogen-bond acceptors (Lipinski definition) is 0. The third-order valence-corrected chi connectivity index (χ3v) is 34.1. The highest BCUT2D eigenvalue weighted by atomic mass is 14.9. The predicted octanol–water partition coefficient (Wildman–Crippen LogP) is 33.5. The molecule has 5 nitrogen and oxygen atoms in total. The smallest absolute Gasteiger partial charge is 0.200 e. The molecule has 7 aliphatic rings. The van der Waals surface area contributed by atoms with Gasteiger partial charge >= 0.3 is 0 Å². The second-order valence-corrected chi connectivity index (χ2v) is 43.8. The molecule has 0 unspecified atom stereocenters. The molecule has 702 valence electrons. The largest absolute Gasteiger partial charge is 0.220 e. The Balaban J connectivity index is 0.000000114. The number of nitrogens with zero attached hydrogens (tertiary/aromatic N) is 5. The second-order valence-electron chi connectivity index (χ2n) is 43.8. The van der Waals surface area contributed by atoms with Crippen molar-refractivity contribution in [2.24, 2.45) is 35.2 Å². The first-order chi connectivity index (χ1) is 65.9. The first kappa shape index (κ1) is 95.6. The highest BCUT2D eigenvalue weighted by Crippen LogP contribution is 2.49. The van der Waals surface area contributed by atoms with Gasteiger partial charge in [0, 0.05) is 35.9 Å². The SMILES string of the molecule is Cc1ccc2cc[n+](C)c(-c3cc(C4CCCC4)cc(C)c3C)c2c1.Cc1ccc2cc[n+](C)c(-c3cc(C4CCCC4)cc(C4CCCC4)c3C)c2c1.Cc1ccc2cc[n+](C)c(-c3cc(C4CCCCC4)cc(C)c3C)c2c1.Cc1ccc2cc[n+](C)c(-c3cc(C4CCCCC4)cc(C4CCCCC4)c3C)c2c1.Cc1ccc2cc[n+](C)c(-c3cc(C4CCCCC4)ccc3C)c2c1. The van der Waals surface area contributed by atoms with E-state index in [2.05, 4.69) is 360 Å². The zero-order valence-corrected chi connectivity index (χ0v) is 86.2. The lowest BCUT2D eigenvalue weighted by molar-refractivity contribution is -0.659. The van der Waals surface area contributed by atoms with Crippen LogP contribution < -0.4 is 22.8 Å². The standard InChI is InChI=1S/C30H38N.C28H34N.C25H30N.2C24H28N/c1-21-14-15-25-16-17-31(3)30(29(25)18-21)28-20-26(23-10-6-4-7-11-23)19-27(22(28)2)24-12-8-5-9-13-24;1-19-12-13-23-14-15-29(3)28(27(23)16-19)26-18-24(21-8-4-5-9-21)17-25(20(26)2)22-10-6-7-11-22;1-17-10-11-21-12-13-26(4)25(24(21)14-17)23-16-22(15-18(2)19(23)3)20-8-6-5-7-9-20;1-16-9-10-20-11-12-25(4)24(23(20)13-16)22-15-21(14-17(2)18(22)3)19-7-5-6-8-19;1-17-9-11-20-13-14-25(3)24(23(20)15-17)22-16-21(12-10-18(22)2)19-7-5-4-6-8-19/h14-20,23-24H,4-13H2,1-3H3;12-18,21-22H,4-11H2,1-3H3;10-16,20H,5-9H2,1-4H3;9-15,19H,5-8H2,1-4H3;9-16,19H,4-8H2,1-3H3/q5*+1. The van der Waals surface area contributed by atoms with Gasteiger partial charge < -0.3 is 0 Å². The molecule has 7 aliphatic carbocycles. The molecule has 136 heavy (non-hydrogen) atoms. The molecular formula is C131H158N5+5. The molecule has 5 heteroatoms. The Labute approximate surface area is 817 Å². The van der Waals surface area contributed by atoms with E-state index in [4.69, 9.17) is 0 Å². The summed E-state index contributed by atoms with van der Waals surface area (Å²) in [7, 11) is 11.0. The maximum Gasteiger partial charge on any atom is 0.220 e. The molecule has 7 saturated carbocycles. The molecule has 0 atom stereocenters. The van der Waals surface area contributed by atoms with Crippen LogP contribution in [0.2, 0.25) is 0 Å². The monoisotopic (exact) mass is 1800 g/mol. The van der Waals surface area contributed by atoms with Gasteiger partial charge in [0.15, 0.2) is 31.0 Å².